The second-order valence-electron chi connectivity index (χ2n) is 7.23. The quantitative estimate of drug-likeness (QED) is 0.251. The van der Waals surface area contributed by atoms with Gasteiger partial charge in [0.15, 0.2) is 10.9 Å². The first-order valence-electron chi connectivity index (χ1n) is 10.2. The normalized spacial score (nSPS) is 10.7. The Morgan fingerprint density at radius 3 is 2.61 bits per heavy atom. The zero-order valence-corrected chi connectivity index (χ0v) is 18.9. The summed E-state index contributed by atoms with van der Waals surface area (Å²) in [6.07, 6.45) is 0. The summed E-state index contributed by atoms with van der Waals surface area (Å²) in [6, 6.07) is 21.0. The largest absolute Gasteiger partial charge is 0.497 e. The molecule has 1 aromatic heterocycles. The van der Waals surface area contributed by atoms with E-state index in [1.54, 1.807) is 73.8 Å². The Balaban J connectivity index is 1.65. The summed E-state index contributed by atoms with van der Waals surface area (Å²) < 4.78 is 6.79. The van der Waals surface area contributed by atoms with Crippen molar-refractivity contribution >= 4 is 40.0 Å². The molecule has 33 heavy (non-hydrogen) atoms. The van der Waals surface area contributed by atoms with Gasteiger partial charge in [-0.3, -0.25) is 19.0 Å². The summed E-state index contributed by atoms with van der Waals surface area (Å²) in [7, 11) is 1.56. The summed E-state index contributed by atoms with van der Waals surface area (Å²) in [4.78, 5) is 42.2. The highest BCUT2D eigenvalue weighted by molar-refractivity contribution is 7.99. The van der Waals surface area contributed by atoms with Gasteiger partial charge < -0.3 is 10.1 Å². The lowest BCUT2D eigenvalue weighted by Crippen LogP contribution is -2.23. The van der Waals surface area contributed by atoms with E-state index in [-0.39, 0.29) is 23.0 Å². The van der Waals surface area contributed by atoms with Crippen LogP contribution in [0.4, 0.5) is 5.69 Å². The van der Waals surface area contributed by atoms with Crippen molar-refractivity contribution in [3.63, 3.8) is 0 Å². The van der Waals surface area contributed by atoms with Gasteiger partial charge in [-0.05, 0) is 43.3 Å². The monoisotopic (exact) mass is 459 g/mol. The first kappa shape index (κ1) is 22.3. The van der Waals surface area contributed by atoms with Crippen molar-refractivity contribution in [1.82, 2.24) is 9.55 Å². The van der Waals surface area contributed by atoms with E-state index in [0.29, 0.717) is 38.7 Å². The van der Waals surface area contributed by atoms with E-state index in [1.165, 1.54) is 11.5 Å². The molecule has 0 bridgehead atoms. The smallest absolute Gasteiger partial charge is 0.266 e. The number of methoxy groups -OCH3 is 1. The molecule has 0 atom stereocenters. The highest BCUT2D eigenvalue weighted by Gasteiger charge is 2.15. The van der Waals surface area contributed by atoms with Crippen LogP contribution in [0.5, 0.6) is 5.75 Å². The van der Waals surface area contributed by atoms with Gasteiger partial charge in [0.05, 0.1) is 29.5 Å². The molecule has 1 amide bonds. The maximum atomic E-state index is 13.3. The molecule has 4 rings (SSSR count). The van der Waals surface area contributed by atoms with E-state index in [1.807, 2.05) is 6.07 Å². The van der Waals surface area contributed by atoms with Crippen LogP contribution in [-0.2, 0) is 4.79 Å². The van der Waals surface area contributed by atoms with Gasteiger partial charge in [-0.25, -0.2) is 4.98 Å². The summed E-state index contributed by atoms with van der Waals surface area (Å²) in [5.41, 5.74) is 1.97. The molecule has 0 fully saturated rings. The Hall–Kier alpha value is -3.91. The third-order valence-electron chi connectivity index (χ3n) is 4.94. The summed E-state index contributed by atoms with van der Waals surface area (Å²) in [5.74, 6) is 0.272. The fraction of sp³-hybridized carbons (Fsp3) is 0.120. The van der Waals surface area contributed by atoms with Gasteiger partial charge in [-0.15, -0.1) is 0 Å². The zero-order valence-electron chi connectivity index (χ0n) is 18.1. The molecular weight excluding hydrogens is 438 g/mol. The molecular formula is C25H21N3O4S. The van der Waals surface area contributed by atoms with E-state index in [4.69, 9.17) is 4.74 Å². The lowest BCUT2D eigenvalue weighted by Gasteiger charge is -2.14. The van der Waals surface area contributed by atoms with Gasteiger partial charge in [-0.2, -0.15) is 0 Å². The highest BCUT2D eigenvalue weighted by atomic mass is 32.2. The van der Waals surface area contributed by atoms with Gasteiger partial charge in [0.25, 0.3) is 5.56 Å². The number of anilines is 1. The van der Waals surface area contributed by atoms with Crippen molar-refractivity contribution < 1.29 is 14.3 Å². The zero-order chi connectivity index (χ0) is 23.4. The molecule has 1 N–H and O–H groups in total. The summed E-state index contributed by atoms with van der Waals surface area (Å²) >= 11 is 1.15. The number of thioether (sulfide) groups is 1. The maximum Gasteiger partial charge on any atom is 0.266 e. The summed E-state index contributed by atoms with van der Waals surface area (Å²) in [5, 5.41) is 3.66. The first-order valence-corrected chi connectivity index (χ1v) is 11.1. The molecule has 0 unspecified atom stereocenters. The number of fused-ring (bicyclic) bond motifs is 1. The van der Waals surface area contributed by atoms with E-state index < -0.39 is 0 Å². The van der Waals surface area contributed by atoms with Crippen LogP contribution in [0.25, 0.3) is 16.6 Å². The van der Waals surface area contributed by atoms with E-state index in [0.717, 1.165) is 11.8 Å². The molecule has 7 nitrogen and oxygen atoms in total. The number of benzene rings is 3. The molecule has 3 aromatic carbocycles. The topological polar surface area (TPSA) is 90.3 Å². The Kier molecular flexibility index (Phi) is 6.55. The lowest BCUT2D eigenvalue weighted by molar-refractivity contribution is -0.113. The molecule has 0 aliphatic heterocycles. The fourth-order valence-electron chi connectivity index (χ4n) is 3.33. The lowest BCUT2D eigenvalue weighted by atomic mass is 10.1. The predicted molar refractivity (Wildman–Crippen MR) is 130 cm³/mol. The van der Waals surface area contributed by atoms with Crippen LogP contribution in [0.2, 0.25) is 0 Å². The van der Waals surface area contributed by atoms with Crippen molar-refractivity contribution in [3.8, 4) is 11.4 Å². The van der Waals surface area contributed by atoms with Crippen LogP contribution in [0, 0.1) is 0 Å². The minimum atomic E-state index is -0.277. The number of para-hydroxylation sites is 1. The Labute approximate surface area is 194 Å². The number of Topliss-reactive ketones (excluding diaryl/α,β-unsaturated/α-hetero) is 1. The van der Waals surface area contributed by atoms with Gasteiger partial charge >= 0.3 is 0 Å². The second kappa shape index (κ2) is 9.70. The molecule has 0 spiro atoms. The average molecular weight is 460 g/mol. The molecule has 166 valence electrons. The maximum absolute atomic E-state index is 13.3. The summed E-state index contributed by atoms with van der Waals surface area (Å²) in [6.45, 7) is 1.47. The van der Waals surface area contributed by atoms with Crippen molar-refractivity contribution in [3.05, 3.63) is 88.7 Å². The Morgan fingerprint density at radius 2 is 1.82 bits per heavy atom. The number of nitrogens with zero attached hydrogens (tertiary/aromatic N) is 2. The SMILES string of the molecule is COc1cccc(-n2c(SCC(=O)Nc3cccc(C(C)=O)c3)nc3ccccc3c2=O)c1. The standard InChI is InChI=1S/C25H21N3O4S/c1-16(29)17-7-5-8-18(13-17)26-23(30)15-33-25-27-22-12-4-3-11-21(22)24(31)28(25)19-9-6-10-20(14-19)32-2/h3-14H,15H2,1-2H3,(H,26,30). The molecule has 4 aromatic rings. The number of nitrogens with one attached hydrogen (secondary N) is 1. The number of rotatable bonds is 7. The number of ether oxygens (including phenoxy) is 1. The third-order valence-corrected chi connectivity index (χ3v) is 5.88. The van der Waals surface area contributed by atoms with Gasteiger partial charge in [0.1, 0.15) is 5.75 Å². The van der Waals surface area contributed by atoms with Crippen molar-refractivity contribution in [1.29, 1.82) is 0 Å². The highest BCUT2D eigenvalue weighted by Crippen LogP contribution is 2.24. The molecule has 0 aliphatic carbocycles. The number of carbonyl (C=O) groups excluding carboxylic acids is 2. The minimum absolute atomic E-state index is 0.0268. The van der Waals surface area contributed by atoms with Crippen LogP contribution in [0.3, 0.4) is 0 Å². The second-order valence-corrected chi connectivity index (χ2v) is 8.17. The van der Waals surface area contributed by atoms with Crippen molar-refractivity contribution in [2.45, 2.75) is 12.1 Å². The van der Waals surface area contributed by atoms with Gasteiger partial charge in [0.2, 0.25) is 5.91 Å². The van der Waals surface area contributed by atoms with Crippen LogP contribution in [0.15, 0.2) is 82.7 Å². The van der Waals surface area contributed by atoms with E-state index >= 15 is 0 Å². The molecule has 0 radical (unpaired) electrons. The number of ketones is 1. The van der Waals surface area contributed by atoms with Crippen LogP contribution in [0.1, 0.15) is 17.3 Å². The Bertz CT molecular complexity index is 1410. The van der Waals surface area contributed by atoms with E-state index in [9.17, 15) is 14.4 Å². The molecule has 0 saturated heterocycles. The van der Waals surface area contributed by atoms with Crippen LogP contribution < -0.4 is 15.6 Å². The average Bonchev–Trinajstić information content (AvgIpc) is 2.83. The molecule has 0 saturated carbocycles. The predicted octanol–water partition coefficient (Wildman–Crippen LogP) is 4.33. The number of aromatic nitrogens is 2. The fourth-order valence-corrected chi connectivity index (χ4v) is 4.14. The number of carbonyl (C=O) groups is 2. The first-order chi connectivity index (χ1) is 16.0. The van der Waals surface area contributed by atoms with Crippen LogP contribution >= 0.6 is 11.8 Å². The van der Waals surface area contributed by atoms with Crippen molar-refractivity contribution in [2.75, 3.05) is 18.2 Å². The molecule has 1 heterocycles. The number of amides is 1. The van der Waals surface area contributed by atoms with Gasteiger partial charge in [0, 0.05) is 17.3 Å². The minimum Gasteiger partial charge on any atom is -0.497 e. The van der Waals surface area contributed by atoms with E-state index in [2.05, 4.69) is 10.3 Å². The van der Waals surface area contributed by atoms with Crippen molar-refractivity contribution in [2.24, 2.45) is 0 Å². The third kappa shape index (κ3) is 4.96. The number of hydrogen-bond donors (Lipinski definition) is 1. The molecule has 8 heteroatoms. The number of hydrogen-bond acceptors (Lipinski definition) is 6. The Morgan fingerprint density at radius 1 is 1.03 bits per heavy atom. The van der Waals surface area contributed by atoms with Crippen LogP contribution in [-0.4, -0.2) is 34.1 Å². The molecule has 0 aliphatic rings. The van der Waals surface area contributed by atoms with Gasteiger partial charge in [-0.1, -0.05) is 42.1 Å².